The zero-order valence-corrected chi connectivity index (χ0v) is 14.7. The third-order valence-electron chi connectivity index (χ3n) is 3.99. The van der Waals surface area contributed by atoms with Gasteiger partial charge in [0.1, 0.15) is 5.01 Å². The zero-order valence-electron chi connectivity index (χ0n) is 13.1. The molecule has 1 fully saturated rings. The Morgan fingerprint density at radius 3 is 1.92 bits per heavy atom. The van der Waals surface area contributed by atoms with E-state index in [1.54, 1.807) is 0 Å². The van der Waals surface area contributed by atoms with Crippen molar-refractivity contribution >= 4 is 39.8 Å². The smallest absolute Gasteiger partial charge is 0.335 e. The molecule has 9 nitrogen and oxygen atoms in total. The number of carboxylic acid groups (broad SMARTS) is 2. The van der Waals surface area contributed by atoms with Crippen molar-refractivity contribution in [2.24, 2.45) is 17.8 Å². The number of aliphatic carboxylic acids is 2. The lowest BCUT2D eigenvalue weighted by Gasteiger charge is -2.43. The summed E-state index contributed by atoms with van der Waals surface area (Å²) in [6.45, 7) is 0. The van der Waals surface area contributed by atoms with Crippen LogP contribution in [0.5, 0.6) is 0 Å². The lowest BCUT2D eigenvalue weighted by Crippen LogP contribution is -2.51. The minimum absolute atomic E-state index is 0.172. The van der Waals surface area contributed by atoms with Gasteiger partial charge < -0.3 is 24.4 Å². The molecule has 0 saturated carbocycles. The number of hydrogen-bond donors (Lipinski definition) is 2. The van der Waals surface area contributed by atoms with Gasteiger partial charge in [-0.1, -0.05) is 15.9 Å². The second-order valence-corrected chi connectivity index (χ2v) is 6.30. The van der Waals surface area contributed by atoms with Crippen LogP contribution in [0, 0.1) is 17.8 Å². The lowest BCUT2D eigenvalue weighted by atomic mass is 9.72. The number of ether oxygens (including phenoxy) is 3. The van der Waals surface area contributed by atoms with Crippen molar-refractivity contribution < 1.29 is 43.6 Å². The summed E-state index contributed by atoms with van der Waals surface area (Å²) in [4.78, 5) is 45.9. The zero-order chi connectivity index (χ0) is 18.4. The van der Waals surface area contributed by atoms with Gasteiger partial charge in [0.2, 0.25) is 0 Å². The lowest BCUT2D eigenvalue weighted by molar-refractivity contribution is -0.181. The Morgan fingerprint density at radius 1 is 0.917 bits per heavy atom. The molecular formula is C14H19BrO9. The van der Waals surface area contributed by atoms with E-state index in [0.717, 1.165) is 7.11 Å². The first kappa shape index (κ1) is 20.4. The van der Waals surface area contributed by atoms with Crippen molar-refractivity contribution in [2.45, 2.75) is 30.4 Å². The van der Waals surface area contributed by atoms with Crippen LogP contribution >= 0.6 is 15.9 Å². The second-order valence-electron chi connectivity index (χ2n) is 5.40. The predicted molar refractivity (Wildman–Crippen MR) is 81.2 cm³/mol. The van der Waals surface area contributed by atoms with E-state index in [2.05, 4.69) is 25.4 Å². The maximum absolute atomic E-state index is 11.9. The fraction of sp³-hybridized carbons (Fsp3) is 0.714. The van der Waals surface area contributed by atoms with E-state index in [-0.39, 0.29) is 6.42 Å². The second kappa shape index (κ2) is 8.97. The number of carbonyl (C=O) groups is 4. The van der Waals surface area contributed by atoms with Gasteiger partial charge in [-0.3, -0.25) is 14.4 Å². The molecule has 1 saturated heterocycles. The number of halogens is 1. The molecule has 0 aromatic carbocycles. The molecule has 24 heavy (non-hydrogen) atoms. The van der Waals surface area contributed by atoms with Gasteiger partial charge in [-0.15, -0.1) is 0 Å². The Morgan fingerprint density at radius 2 is 1.46 bits per heavy atom. The number of hydrogen-bond acceptors (Lipinski definition) is 7. The predicted octanol–water partition coefficient (Wildman–Crippen LogP) is 0.640. The number of methoxy groups -OCH3 is 2. The number of carboxylic acids is 2. The van der Waals surface area contributed by atoms with E-state index in [1.165, 1.54) is 7.11 Å². The van der Waals surface area contributed by atoms with Gasteiger partial charge in [0.05, 0.1) is 27.1 Å². The Bertz CT molecular complexity index is 506. The topological polar surface area (TPSA) is 136 Å². The fourth-order valence-electron chi connectivity index (χ4n) is 2.91. The third kappa shape index (κ3) is 5.17. The average molecular weight is 411 g/mol. The van der Waals surface area contributed by atoms with Crippen LogP contribution < -0.4 is 0 Å². The molecule has 1 aliphatic rings. The summed E-state index contributed by atoms with van der Waals surface area (Å²) in [6.07, 6.45) is -2.32. The molecule has 1 heterocycles. The summed E-state index contributed by atoms with van der Waals surface area (Å²) in [5.74, 6) is -6.17. The highest BCUT2D eigenvalue weighted by atomic mass is 79.9. The Hall–Kier alpha value is -1.68. The van der Waals surface area contributed by atoms with Crippen LogP contribution in [0.1, 0.15) is 19.3 Å². The first-order chi connectivity index (χ1) is 11.2. The number of rotatable bonds is 7. The van der Waals surface area contributed by atoms with Crippen molar-refractivity contribution in [1.82, 2.24) is 0 Å². The van der Waals surface area contributed by atoms with Crippen molar-refractivity contribution in [2.75, 3.05) is 14.2 Å². The van der Waals surface area contributed by atoms with Crippen molar-refractivity contribution in [1.29, 1.82) is 0 Å². The van der Waals surface area contributed by atoms with Crippen LogP contribution in [-0.2, 0) is 33.4 Å². The molecule has 0 aromatic rings. The molecule has 0 spiro atoms. The first-order valence-corrected chi connectivity index (χ1v) is 8.00. The molecular weight excluding hydrogens is 392 g/mol. The first-order valence-electron chi connectivity index (χ1n) is 7.09. The summed E-state index contributed by atoms with van der Waals surface area (Å²) in [6, 6.07) is 0. The van der Waals surface area contributed by atoms with Crippen LogP contribution in [0.4, 0.5) is 0 Å². The quantitative estimate of drug-likeness (QED) is 0.457. The van der Waals surface area contributed by atoms with Gasteiger partial charge in [0.25, 0.3) is 0 Å². The highest BCUT2D eigenvalue weighted by molar-refractivity contribution is 9.09. The molecule has 0 bridgehead atoms. The molecule has 2 N–H and O–H groups in total. The highest BCUT2D eigenvalue weighted by Crippen LogP contribution is 2.43. The van der Waals surface area contributed by atoms with Crippen molar-refractivity contribution in [3.8, 4) is 0 Å². The summed E-state index contributed by atoms with van der Waals surface area (Å²) in [7, 11) is 2.31. The molecule has 0 amide bonds. The van der Waals surface area contributed by atoms with Crippen LogP contribution in [-0.4, -0.2) is 59.4 Å². The Balaban J connectivity index is 3.21. The summed E-state index contributed by atoms with van der Waals surface area (Å²) in [5.41, 5.74) is 0. The standard InChI is InChI=1S/C14H19BrO9/c1-22-11(20)5-8-6(3-9(16)17)7(4-10(18)19)12(14(21)23-2)24-13(8)15/h6-8,12-13H,3-5H2,1-2H3,(H,16,17)(H,18,19)/t6-,7-,8+,12-,13-/m0/s1. The Kier molecular flexibility index (Phi) is 7.61. The van der Waals surface area contributed by atoms with Gasteiger partial charge in [0.15, 0.2) is 6.10 Å². The average Bonchev–Trinajstić information content (AvgIpc) is 2.51. The molecule has 1 rings (SSSR count). The molecule has 0 aromatic heterocycles. The molecule has 0 radical (unpaired) electrons. The largest absolute Gasteiger partial charge is 0.481 e. The van der Waals surface area contributed by atoms with Crippen molar-refractivity contribution in [3.63, 3.8) is 0 Å². The third-order valence-corrected chi connectivity index (χ3v) is 4.88. The number of esters is 2. The normalized spacial score (nSPS) is 29.5. The van der Waals surface area contributed by atoms with Crippen LogP contribution in [0.15, 0.2) is 0 Å². The maximum Gasteiger partial charge on any atom is 0.335 e. The highest BCUT2D eigenvalue weighted by Gasteiger charge is 2.50. The summed E-state index contributed by atoms with van der Waals surface area (Å²) < 4.78 is 14.7. The number of carbonyl (C=O) groups excluding carboxylic acids is 2. The van der Waals surface area contributed by atoms with E-state index in [1.807, 2.05) is 0 Å². The van der Waals surface area contributed by atoms with Gasteiger partial charge in [-0.25, -0.2) is 4.79 Å². The van der Waals surface area contributed by atoms with Crippen molar-refractivity contribution in [3.05, 3.63) is 0 Å². The SMILES string of the molecule is COC(=O)C[C@@H]1[C@@H](CC(=O)O)[C@H](CC(=O)O)[C@@H](C(=O)OC)O[C@@H]1Br. The van der Waals surface area contributed by atoms with E-state index < -0.39 is 65.6 Å². The summed E-state index contributed by atoms with van der Waals surface area (Å²) >= 11 is 3.20. The van der Waals surface area contributed by atoms with Crippen LogP contribution in [0.2, 0.25) is 0 Å². The summed E-state index contributed by atoms with van der Waals surface area (Å²) in [5, 5.41) is 17.4. The van der Waals surface area contributed by atoms with Gasteiger partial charge in [-0.2, -0.15) is 0 Å². The molecule has 0 unspecified atom stereocenters. The molecule has 1 aliphatic heterocycles. The van der Waals surface area contributed by atoms with Gasteiger partial charge in [0, 0.05) is 18.3 Å². The maximum atomic E-state index is 11.9. The van der Waals surface area contributed by atoms with E-state index in [4.69, 9.17) is 14.9 Å². The minimum atomic E-state index is -1.24. The van der Waals surface area contributed by atoms with Crippen LogP contribution in [0.25, 0.3) is 0 Å². The number of alkyl halides is 1. The molecule has 5 atom stereocenters. The van der Waals surface area contributed by atoms with E-state index >= 15 is 0 Å². The van der Waals surface area contributed by atoms with E-state index in [9.17, 15) is 19.2 Å². The molecule has 10 heteroatoms. The van der Waals surface area contributed by atoms with E-state index in [0.29, 0.717) is 0 Å². The van der Waals surface area contributed by atoms with Gasteiger partial charge in [-0.05, 0) is 5.92 Å². The molecule has 136 valence electrons. The molecule has 0 aliphatic carbocycles. The fourth-order valence-corrected chi connectivity index (χ4v) is 3.72. The Labute approximate surface area is 146 Å². The monoisotopic (exact) mass is 410 g/mol. The minimum Gasteiger partial charge on any atom is -0.481 e. The van der Waals surface area contributed by atoms with Crippen LogP contribution in [0.3, 0.4) is 0 Å². The van der Waals surface area contributed by atoms with Gasteiger partial charge >= 0.3 is 23.9 Å².